The highest BCUT2D eigenvalue weighted by Crippen LogP contribution is 2.10. The summed E-state index contributed by atoms with van der Waals surface area (Å²) in [4.78, 5) is 13.0. The van der Waals surface area contributed by atoms with Crippen molar-refractivity contribution in [3.63, 3.8) is 0 Å². The molecule has 0 fully saturated rings. The van der Waals surface area contributed by atoms with Crippen molar-refractivity contribution in [2.24, 2.45) is 5.73 Å². The Kier molecular flexibility index (Phi) is 5.34. The second-order valence-electron chi connectivity index (χ2n) is 4.59. The molecule has 1 amide bonds. The van der Waals surface area contributed by atoms with Crippen molar-refractivity contribution < 1.29 is 4.79 Å². The van der Waals surface area contributed by atoms with Crippen LogP contribution in [0, 0.1) is 11.3 Å². The number of primary amides is 1. The van der Waals surface area contributed by atoms with Gasteiger partial charge in [0, 0.05) is 25.6 Å². The van der Waals surface area contributed by atoms with Gasteiger partial charge in [0.25, 0.3) is 0 Å². The summed E-state index contributed by atoms with van der Waals surface area (Å²) in [5.74, 6) is -0.277. The lowest BCUT2D eigenvalue weighted by Gasteiger charge is -2.26. The molecule has 0 aliphatic heterocycles. The molecule has 0 aromatic heterocycles. The van der Waals surface area contributed by atoms with Crippen LogP contribution in [0.1, 0.15) is 31.4 Å². The van der Waals surface area contributed by atoms with Crippen LogP contribution in [-0.2, 0) is 11.3 Å². The largest absolute Gasteiger partial charge is 0.370 e. The van der Waals surface area contributed by atoms with Gasteiger partial charge >= 0.3 is 0 Å². The van der Waals surface area contributed by atoms with Crippen molar-refractivity contribution >= 4 is 5.91 Å². The summed E-state index contributed by atoms with van der Waals surface area (Å²) < 4.78 is 0. The lowest BCUT2D eigenvalue weighted by atomic mass is 10.1. The zero-order chi connectivity index (χ0) is 13.5. The maximum atomic E-state index is 10.8. The Bertz CT molecular complexity index is 431. The van der Waals surface area contributed by atoms with E-state index < -0.39 is 0 Å². The summed E-state index contributed by atoms with van der Waals surface area (Å²) in [6.07, 6.45) is 0.370. The molecule has 0 saturated carbocycles. The van der Waals surface area contributed by atoms with E-state index in [9.17, 15) is 4.79 Å². The van der Waals surface area contributed by atoms with Crippen LogP contribution in [0.2, 0.25) is 0 Å². The lowest BCUT2D eigenvalue weighted by Crippen LogP contribution is -2.33. The van der Waals surface area contributed by atoms with E-state index >= 15 is 0 Å². The number of amides is 1. The molecule has 4 heteroatoms. The highest BCUT2D eigenvalue weighted by Gasteiger charge is 2.11. The van der Waals surface area contributed by atoms with Crippen LogP contribution in [0.5, 0.6) is 0 Å². The Labute approximate surface area is 108 Å². The van der Waals surface area contributed by atoms with E-state index in [1.165, 1.54) is 0 Å². The molecule has 0 saturated heterocycles. The van der Waals surface area contributed by atoms with E-state index in [1.54, 1.807) is 0 Å². The van der Waals surface area contributed by atoms with E-state index in [0.29, 0.717) is 24.6 Å². The maximum Gasteiger partial charge on any atom is 0.218 e. The molecule has 2 N–H and O–H groups in total. The van der Waals surface area contributed by atoms with Crippen LogP contribution in [0.4, 0.5) is 0 Å². The molecule has 0 bridgehead atoms. The smallest absolute Gasteiger partial charge is 0.218 e. The van der Waals surface area contributed by atoms with Crippen LogP contribution in [-0.4, -0.2) is 23.4 Å². The standard InChI is InChI=1S/C14H19N3O/c1-11(2)17(8-7-14(16)18)10-13-5-3-12(9-15)4-6-13/h3-6,11H,7-8,10H2,1-2H3,(H2,16,18). The van der Waals surface area contributed by atoms with E-state index in [2.05, 4.69) is 24.8 Å². The zero-order valence-electron chi connectivity index (χ0n) is 10.9. The van der Waals surface area contributed by atoms with Gasteiger partial charge in [-0.2, -0.15) is 5.26 Å². The molecule has 1 rings (SSSR count). The van der Waals surface area contributed by atoms with Crippen molar-refractivity contribution in [2.75, 3.05) is 6.54 Å². The van der Waals surface area contributed by atoms with Crippen molar-refractivity contribution in [3.05, 3.63) is 35.4 Å². The summed E-state index contributed by atoms with van der Waals surface area (Å²) in [7, 11) is 0. The summed E-state index contributed by atoms with van der Waals surface area (Å²) >= 11 is 0. The Balaban J connectivity index is 2.65. The Morgan fingerprint density at radius 2 is 2.00 bits per heavy atom. The third kappa shape index (κ3) is 4.56. The van der Waals surface area contributed by atoms with Crippen LogP contribution in [0.15, 0.2) is 24.3 Å². The third-order valence-electron chi connectivity index (χ3n) is 2.84. The molecule has 0 radical (unpaired) electrons. The van der Waals surface area contributed by atoms with Crippen molar-refractivity contribution in [1.29, 1.82) is 5.26 Å². The number of nitrogens with zero attached hydrogens (tertiary/aromatic N) is 2. The van der Waals surface area contributed by atoms with Gasteiger partial charge in [-0.25, -0.2) is 0 Å². The molecule has 0 unspecified atom stereocenters. The highest BCUT2D eigenvalue weighted by molar-refractivity contribution is 5.73. The van der Waals surface area contributed by atoms with Crippen molar-refractivity contribution in [2.45, 2.75) is 32.9 Å². The first-order valence-corrected chi connectivity index (χ1v) is 6.04. The van der Waals surface area contributed by atoms with E-state index in [4.69, 9.17) is 11.0 Å². The van der Waals surface area contributed by atoms with Gasteiger partial charge < -0.3 is 5.73 Å². The minimum Gasteiger partial charge on any atom is -0.370 e. The number of nitriles is 1. The number of rotatable bonds is 6. The fourth-order valence-corrected chi connectivity index (χ4v) is 1.69. The molecular formula is C14H19N3O. The first-order chi connectivity index (χ1) is 8.52. The van der Waals surface area contributed by atoms with Crippen LogP contribution in [0.3, 0.4) is 0 Å². The first-order valence-electron chi connectivity index (χ1n) is 6.04. The summed E-state index contributed by atoms with van der Waals surface area (Å²) in [5, 5.41) is 8.73. The SMILES string of the molecule is CC(C)N(CCC(N)=O)Cc1ccc(C#N)cc1. The average Bonchev–Trinajstić information content (AvgIpc) is 2.34. The number of hydrogen-bond donors (Lipinski definition) is 1. The minimum absolute atomic E-state index is 0.277. The number of benzene rings is 1. The summed E-state index contributed by atoms with van der Waals surface area (Å²) in [6.45, 7) is 5.60. The second kappa shape index (κ2) is 6.77. The molecule has 1 aromatic rings. The van der Waals surface area contributed by atoms with Gasteiger partial charge in [-0.05, 0) is 31.5 Å². The molecule has 4 nitrogen and oxygen atoms in total. The van der Waals surface area contributed by atoms with Crippen LogP contribution < -0.4 is 5.73 Å². The summed E-state index contributed by atoms with van der Waals surface area (Å²) in [6, 6.07) is 9.94. The highest BCUT2D eigenvalue weighted by atomic mass is 16.1. The Morgan fingerprint density at radius 3 is 2.44 bits per heavy atom. The van der Waals surface area contributed by atoms with E-state index in [0.717, 1.165) is 12.1 Å². The van der Waals surface area contributed by atoms with Gasteiger partial charge in [0.05, 0.1) is 11.6 Å². The average molecular weight is 245 g/mol. The topological polar surface area (TPSA) is 70.1 Å². The second-order valence-corrected chi connectivity index (χ2v) is 4.59. The predicted molar refractivity (Wildman–Crippen MR) is 70.5 cm³/mol. The third-order valence-corrected chi connectivity index (χ3v) is 2.84. The van der Waals surface area contributed by atoms with Crippen LogP contribution in [0.25, 0.3) is 0 Å². The van der Waals surface area contributed by atoms with Gasteiger partial charge in [-0.1, -0.05) is 12.1 Å². The fourth-order valence-electron chi connectivity index (χ4n) is 1.69. The monoisotopic (exact) mass is 245 g/mol. The number of nitrogens with two attached hydrogens (primary N) is 1. The van der Waals surface area contributed by atoms with Gasteiger partial charge in [-0.15, -0.1) is 0 Å². The summed E-state index contributed by atoms with van der Waals surface area (Å²) in [5.41, 5.74) is 6.96. The molecule has 1 aromatic carbocycles. The number of carbonyl (C=O) groups is 1. The molecule has 0 aliphatic carbocycles. The molecule has 0 atom stereocenters. The van der Waals surface area contributed by atoms with Crippen molar-refractivity contribution in [1.82, 2.24) is 4.90 Å². The molecule has 0 aliphatic rings. The molecule has 0 spiro atoms. The van der Waals surface area contributed by atoms with Crippen molar-refractivity contribution in [3.8, 4) is 6.07 Å². The van der Waals surface area contributed by atoms with E-state index in [1.807, 2.05) is 24.3 Å². The van der Waals surface area contributed by atoms with Gasteiger partial charge in [-0.3, -0.25) is 9.69 Å². The zero-order valence-corrected chi connectivity index (χ0v) is 10.9. The lowest BCUT2D eigenvalue weighted by molar-refractivity contribution is -0.118. The Morgan fingerprint density at radius 1 is 1.39 bits per heavy atom. The fraction of sp³-hybridized carbons (Fsp3) is 0.429. The predicted octanol–water partition coefficient (Wildman–Crippen LogP) is 1.64. The van der Waals surface area contributed by atoms with Gasteiger partial charge in [0.1, 0.15) is 0 Å². The normalized spacial score (nSPS) is 10.6. The molecular weight excluding hydrogens is 226 g/mol. The minimum atomic E-state index is -0.277. The quantitative estimate of drug-likeness (QED) is 0.828. The number of carbonyl (C=O) groups excluding carboxylic acids is 1. The number of hydrogen-bond acceptors (Lipinski definition) is 3. The van der Waals surface area contributed by atoms with Gasteiger partial charge in [0.15, 0.2) is 0 Å². The van der Waals surface area contributed by atoms with Crippen LogP contribution >= 0.6 is 0 Å². The molecule has 96 valence electrons. The Hall–Kier alpha value is -1.86. The maximum absolute atomic E-state index is 10.8. The van der Waals surface area contributed by atoms with E-state index in [-0.39, 0.29) is 5.91 Å². The van der Waals surface area contributed by atoms with Gasteiger partial charge in [0.2, 0.25) is 5.91 Å². The first kappa shape index (κ1) is 14.2. The molecule has 0 heterocycles. The molecule has 18 heavy (non-hydrogen) atoms.